The van der Waals surface area contributed by atoms with Gasteiger partial charge < -0.3 is 14.7 Å². The summed E-state index contributed by atoms with van der Waals surface area (Å²) < 4.78 is 0. The third-order valence-electron chi connectivity index (χ3n) is 4.86. The molecule has 1 aliphatic heterocycles. The average molecular weight is 338 g/mol. The SMILES string of the molecule is CCN(CC)CCCN1c2ccccc2C(=O)N(C)c2cccnc21. The highest BCUT2D eigenvalue weighted by Gasteiger charge is 2.29. The fourth-order valence-electron chi connectivity index (χ4n) is 3.37. The number of amides is 1. The van der Waals surface area contributed by atoms with E-state index in [9.17, 15) is 4.79 Å². The number of fused-ring (bicyclic) bond motifs is 2. The first-order valence-electron chi connectivity index (χ1n) is 8.99. The number of para-hydroxylation sites is 1. The Balaban J connectivity index is 1.97. The molecule has 2 aromatic rings. The summed E-state index contributed by atoms with van der Waals surface area (Å²) in [5.41, 5.74) is 2.52. The summed E-state index contributed by atoms with van der Waals surface area (Å²) in [7, 11) is 1.82. The first-order chi connectivity index (χ1) is 12.2. The molecule has 5 nitrogen and oxygen atoms in total. The number of aromatic nitrogens is 1. The van der Waals surface area contributed by atoms with Crippen molar-refractivity contribution in [2.75, 3.05) is 43.0 Å². The summed E-state index contributed by atoms with van der Waals surface area (Å²) in [5.74, 6) is 0.860. The van der Waals surface area contributed by atoms with Crippen molar-refractivity contribution in [2.24, 2.45) is 0 Å². The molecule has 0 fully saturated rings. The Kier molecular flexibility index (Phi) is 5.34. The van der Waals surface area contributed by atoms with Gasteiger partial charge in [-0.25, -0.2) is 4.98 Å². The Hall–Kier alpha value is -2.40. The van der Waals surface area contributed by atoms with Crippen molar-refractivity contribution in [3.05, 3.63) is 48.2 Å². The summed E-state index contributed by atoms with van der Waals surface area (Å²) in [6, 6.07) is 11.7. The zero-order chi connectivity index (χ0) is 17.8. The maximum Gasteiger partial charge on any atom is 0.260 e. The molecule has 0 bridgehead atoms. The van der Waals surface area contributed by atoms with Crippen LogP contribution in [0.1, 0.15) is 30.6 Å². The van der Waals surface area contributed by atoms with Crippen molar-refractivity contribution in [2.45, 2.75) is 20.3 Å². The van der Waals surface area contributed by atoms with E-state index in [1.807, 2.05) is 43.4 Å². The lowest BCUT2D eigenvalue weighted by atomic mass is 10.1. The molecule has 25 heavy (non-hydrogen) atoms. The van der Waals surface area contributed by atoms with Crippen LogP contribution < -0.4 is 9.80 Å². The number of pyridine rings is 1. The van der Waals surface area contributed by atoms with Gasteiger partial charge in [-0.05, 0) is 50.3 Å². The van der Waals surface area contributed by atoms with Crippen LogP contribution >= 0.6 is 0 Å². The predicted octanol–water partition coefficient (Wildman–Crippen LogP) is 3.54. The summed E-state index contributed by atoms with van der Waals surface area (Å²) in [5, 5.41) is 0. The molecule has 0 radical (unpaired) electrons. The van der Waals surface area contributed by atoms with Crippen molar-refractivity contribution < 1.29 is 4.79 Å². The van der Waals surface area contributed by atoms with Crippen molar-refractivity contribution >= 4 is 23.1 Å². The molecule has 0 spiro atoms. The van der Waals surface area contributed by atoms with Crippen LogP contribution in [0.25, 0.3) is 0 Å². The van der Waals surface area contributed by atoms with Gasteiger partial charge in [0.1, 0.15) is 0 Å². The average Bonchev–Trinajstić information content (AvgIpc) is 2.75. The van der Waals surface area contributed by atoms with Crippen LogP contribution in [0.2, 0.25) is 0 Å². The molecule has 1 aliphatic rings. The molecule has 0 unspecified atom stereocenters. The molecule has 0 saturated carbocycles. The molecule has 2 heterocycles. The van der Waals surface area contributed by atoms with Crippen LogP contribution in [0.4, 0.5) is 17.2 Å². The van der Waals surface area contributed by atoms with E-state index < -0.39 is 0 Å². The molecule has 132 valence electrons. The quantitative estimate of drug-likeness (QED) is 0.808. The number of hydrogen-bond donors (Lipinski definition) is 0. The van der Waals surface area contributed by atoms with E-state index in [1.54, 1.807) is 11.1 Å². The molecule has 0 aliphatic carbocycles. The third-order valence-corrected chi connectivity index (χ3v) is 4.86. The minimum atomic E-state index is 0.0103. The number of anilines is 3. The Bertz CT molecular complexity index is 742. The van der Waals surface area contributed by atoms with Gasteiger partial charge in [0, 0.05) is 19.8 Å². The number of carbonyl (C=O) groups is 1. The highest BCUT2D eigenvalue weighted by atomic mass is 16.2. The van der Waals surface area contributed by atoms with Gasteiger partial charge in [-0.15, -0.1) is 0 Å². The number of carbonyl (C=O) groups excluding carboxylic acids is 1. The van der Waals surface area contributed by atoms with Crippen LogP contribution in [0, 0.1) is 0 Å². The van der Waals surface area contributed by atoms with Crippen molar-refractivity contribution in [1.29, 1.82) is 0 Å². The summed E-state index contributed by atoms with van der Waals surface area (Å²) in [4.78, 5) is 23.8. The highest BCUT2D eigenvalue weighted by molar-refractivity contribution is 6.13. The second-order valence-electron chi connectivity index (χ2n) is 6.26. The number of rotatable bonds is 6. The standard InChI is InChI=1S/C20H26N4O/c1-4-23(5-2)14-9-15-24-17-11-7-6-10-16(17)20(25)22(3)18-12-8-13-21-19(18)24/h6-8,10-13H,4-5,9,14-15H2,1-3H3. The monoisotopic (exact) mass is 338 g/mol. The van der Waals surface area contributed by atoms with Crippen molar-refractivity contribution in [3.63, 3.8) is 0 Å². The van der Waals surface area contributed by atoms with Crippen LogP contribution in [0.5, 0.6) is 0 Å². The Labute approximate surface area is 149 Å². The van der Waals surface area contributed by atoms with Crippen molar-refractivity contribution in [3.8, 4) is 0 Å². The van der Waals surface area contributed by atoms with Crippen LogP contribution in [-0.2, 0) is 0 Å². The van der Waals surface area contributed by atoms with Gasteiger partial charge in [0.05, 0.1) is 16.9 Å². The third kappa shape index (κ3) is 3.37. The van der Waals surface area contributed by atoms with E-state index in [2.05, 4.69) is 28.6 Å². The largest absolute Gasteiger partial charge is 0.324 e. The summed E-state index contributed by atoms with van der Waals surface area (Å²) in [6.07, 6.45) is 2.81. The second-order valence-corrected chi connectivity index (χ2v) is 6.26. The maximum atomic E-state index is 12.9. The normalized spacial score (nSPS) is 13.7. The molecule has 5 heteroatoms. The van der Waals surface area contributed by atoms with E-state index in [-0.39, 0.29) is 5.91 Å². The lowest BCUT2D eigenvalue weighted by Gasteiger charge is -2.26. The molecular formula is C20H26N4O. The summed E-state index contributed by atoms with van der Waals surface area (Å²) >= 11 is 0. The van der Waals surface area contributed by atoms with Gasteiger partial charge in [0.2, 0.25) is 0 Å². The molecule has 1 aromatic carbocycles. The highest BCUT2D eigenvalue weighted by Crippen LogP contribution is 2.38. The molecular weight excluding hydrogens is 312 g/mol. The van der Waals surface area contributed by atoms with E-state index in [0.717, 1.165) is 55.4 Å². The fraction of sp³-hybridized carbons (Fsp3) is 0.400. The Morgan fingerprint density at radius 2 is 1.76 bits per heavy atom. The minimum Gasteiger partial charge on any atom is -0.324 e. The van der Waals surface area contributed by atoms with E-state index in [1.165, 1.54) is 0 Å². The first kappa shape index (κ1) is 17.4. The van der Waals surface area contributed by atoms with Crippen LogP contribution in [0.15, 0.2) is 42.6 Å². The molecule has 3 rings (SSSR count). The van der Waals surface area contributed by atoms with Gasteiger partial charge in [-0.1, -0.05) is 26.0 Å². The van der Waals surface area contributed by atoms with Crippen molar-refractivity contribution in [1.82, 2.24) is 9.88 Å². The maximum absolute atomic E-state index is 12.9. The minimum absolute atomic E-state index is 0.0103. The Morgan fingerprint density at radius 1 is 1.04 bits per heavy atom. The predicted molar refractivity (Wildman–Crippen MR) is 103 cm³/mol. The lowest BCUT2D eigenvalue weighted by molar-refractivity contribution is 0.0994. The zero-order valence-corrected chi connectivity index (χ0v) is 15.3. The van der Waals surface area contributed by atoms with Gasteiger partial charge in [-0.3, -0.25) is 4.79 Å². The first-order valence-corrected chi connectivity index (χ1v) is 8.99. The van der Waals surface area contributed by atoms with Gasteiger partial charge in [-0.2, -0.15) is 0 Å². The Morgan fingerprint density at radius 3 is 2.52 bits per heavy atom. The van der Waals surface area contributed by atoms with E-state index in [0.29, 0.717) is 0 Å². The van der Waals surface area contributed by atoms with Crippen LogP contribution in [-0.4, -0.2) is 49.0 Å². The smallest absolute Gasteiger partial charge is 0.260 e. The molecule has 0 saturated heterocycles. The summed E-state index contributed by atoms with van der Waals surface area (Å²) in [6.45, 7) is 8.37. The molecule has 0 atom stereocenters. The van der Waals surface area contributed by atoms with Crippen LogP contribution in [0.3, 0.4) is 0 Å². The molecule has 1 aromatic heterocycles. The molecule has 0 N–H and O–H groups in total. The zero-order valence-electron chi connectivity index (χ0n) is 15.3. The second kappa shape index (κ2) is 7.66. The number of benzene rings is 1. The van der Waals surface area contributed by atoms with Gasteiger partial charge in [0.15, 0.2) is 5.82 Å². The topological polar surface area (TPSA) is 39.7 Å². The van der Waals surface area contributed by atoms with E-state index >= 15 is 0 Å². The fourth-order valence-corrected chi connectivity index (χ4v) is 3.37. The number of hydrogen-bond acceptors (Lipinski definition) is 4. The van der Waals surface area contributed by atoms with Gasteiger partial charge >= 0.3 is 0 Å². The number of nitrogens with zero attached hydrogens (tertiary/aromatic N) is 4. The van der Waals surface area contributed by atoms with E-state index in [4.69, 9.17) is 0 Å². The molecule has 1 amide bonds. The van der Waals surface area contributed by atoms with Gasteiger partial charge in [0.25, 0.3) is 5.91 Å². The lowest BCUT2D eigenvalue weighted by Crippen LogP contribution is -2.28.